The molecule has 0 aliphatic rings. The molecule has 0 N–H and O–H groups in total. The molecule has 0 spiro atoms. The summed E-state index contributed by atoms with van der Waals surface area (Å²) in [4.78, 5) is 4.93. The molecule has 9 aromatic carbocycles. The number of ether oxygens (including phenoxy) is 1. The maximum absolute atomic E-state index is 7.02. The lowest BCUT2D eigenvalue weighted by molar-refractivity contribution is -0.571. The summed E-state index contributed by atoms with van der Waals surface area (Å²) in [5, 5.41) is 2.32. The van der Waals surface area contributed by atoms with E-state index < -0.39 is 0 Å². The van der Waals surface area contributed by atoms with Crippen LogP contribution in [0.15, 0.2) is 231 Å². The van der Waals surface area contributed by atoms with Gasteiger partial charge in [0.1, 0.15) is 17.3 Å². The molecular formula is C68H56N4O. The fraction of sp³-hybridized carbons (Fsp3) is 0.118. The summed E-state index contributed by atoms with van der Waals surface area (Å²) in [7, 11) is 0. The molecule has 5 heteroatoms. The van der Waals surface area contributed by atoms with Crippen LogP contribution in [0.2, 0.25) is 0 Å². The summed E-state index contributed by atoms with van der Waals surface area (Å²) in [6, 6.07) is 80.2. The Hall–Kier alpha value is -8.80. The molecule has 12 rings (SSSR count). The molecule has 0 unspecified atom stereocenters. The number of aromatic nitrogens is 4. The van der Waals surface area contributed by atoms with Gasteiger partial charge in [-0.15, -0.1) is 0 Å². The topological polar surface area (TPSA) is 35.9 Å². The minimum Gasteiger partial charge on any atom is -0.458 e. The molecule has 0 aliphatic heterocycles. The van der Waals surface area contributed by atoms with Gasteiger partial charge >= 0.3 is 0 Å². The Morgan fingerprint density at radius 3 is 1.60 bits per heavy atom. The molecule has 0 fully saturated rings. The predicted octanol–water partition coefficient (Wildman–Crippen LogP) is 17.3. The Labute approximate surface area is 427 Å². The number of imidazole rings is 1. The van der Waals surface area contributed by atoms with E-state index in [9.17, 15) is 0 Å². The summed E-state index contributed by atoms with van der Waals surface area (Å²) in [6.07, 6.45) is 5.86. The van der Waals surface area contributed by atoms with Crippen molar-refractivity contribution in [3.63, 3.8) is 0 Å². The normalized spacial score (nSPS) is 12.0. The van der Waals surface area contributed by atoms with E-state index in [-0.39, 0.29) is 10.8 Å². The van der Waals surface area contributed by atoms with Crippen molar-refractivity contribution in [2.45, 2.75) is 52.4 Å². The van der Waals surface area contributed by atoms with Gasteiger partial charge in [0.25, 0.3) is 6.33 Å². The molecule has 354 valence electrons. The number of pyridine rings is 1. The molecule has 0 atom stereocenters. The first kappa shape index (κ1) is 45.3. The first-order chi connectivity index (χ1) is 35.4. The highest BCUT2D eigenvalue weighted by Gasteiger charge is 2.24. The average Bonchev–Trinajstić information content (AvgIpc) is 3.97. The third kappa shape index (κ3) is 8.57. The third-order valence-electron chi connectivity index (χ3n) is 14.2. The molecule has 3 aromatic heterocycles. The molecule has 0 aliphatic carbocycles. The van der Waals surface area contributed by atoms with Gasteiger partial charge in [0.15, 0.2) is 0 Å². The quantitative estimate of drug-likeness (QED) is 0.107. The smallest absolute Gasteiger partial charge is 0.269 e. The molecule has 5 nitrogen and oxygen atoms in total. The number of para-hydroxylation sites is 4. The minimum atomic E-state index is -0.190. The predicted molar refractivity (Wildman–Crippen MR) is 301 cm³/mol. The summed E-state index contributed by atoms with van der Waals surface area (Å²) >= 11 is 0. The molecule has 73 heavy (non-hydrogen) atoms. The number of hydrogen-bond donors (Lipinski definition) is 0. The van der Waals surface area contributed by atoms with Crippen molar-refractivity contribution in [1.29, 1.82) is 0 Å². The van der Waals surface area contributed by atoms with Crippen molar-refractivity contribution in [2.24, 2.45) is 0 Å². The first-order valence-electron chi connectivity index (χ1n) is 25.2. The van der Waals surface area contributed by atoms with Crippen LogP contribution in [0.1, 0.15) is 52.7 Å². The van der Waals surface area contributed by atoms with Crippen LogP contribution >= 0.6 is 0 Å². The van der Waals surface area contributed by atoms with Crippen LogP contribution in [0.5, 0.6) is 11.5 Å². The van der Waals surface area contributed by atoms with E-state index >= 15 is 0 Å². The van der Waals surface area contributed by atoms with Crippen LogP contribution in [-0.4, -0.2) is 14.1 Å². The zero-order valence-corrected chi connectivity index (χ0v) is 42.1. The van der Waals surface area contributed by atoms with Gasteiger partial charge < -0.3 is 4.74 Å². The van der Waals surface area contributed by atoms with Gasteiger partial charge in [-0.3, -0.25) is 13.7 Å². The number of rotatable bonds is 9. The van der Waals surface area contributed by atoms with Crippen LogP contribution in [0.3, 0.4) is 0 Å². The minimum absolute atomic E-state index is 0.0297. The van der Waals surface area contributed by atoms with E-state index in [1.54, 1.807) is 0 Å². The highest BCUT2D eigenvalue weighted by atomic mass is 16.5. The van der Waals surface area contributed by atoms with Crippen molar-refractivity contribution < 1.29 is 9.30 Å². The van der Waals surface area contributed by atoms with Gasteiger partial charge in [0.2, 0.25) is 0 Å². The number of hydrogen-bond acceptors (Lipinski definition) is 2. The van der Waals surface area contributed by atoms with Crippen LogP contribution in [-0.2, 0) is 10.8 Å². The molecule has 0 radical (unpaired) electrons. The van der Waals surface area contributed by atoms with Crippen LogP contribution in [0, 0.1) is 6.33 Å². The summed E-state index contributed by atoms with van der Waals surface area (Å²) in [5.74, 6) is 2.37. The van der Waals surface area contributed by atoms with Crippen molar-refractivity contribution in [2.75, 3.05) is 0 Å². The van der Waals surface area contributed by atoms with Crippen LogP contribution < -0.4 is 9.30 Å². The zero-order valence-electron chi connectivity index (χ0n) is 42.1. The molecule has 3 heterocycles. The Morgan fingerprint density at radius 2 is 0.973 bits per heavy atom. The summed E-state index contributed by atoms with van der Waals surface area (Å²) in [5.41, 5.74) is 17.5. The Balaban J connectivity index is 1.01. The molecule has 0 saturated heterocycles. The van der Waals surface area contributed by atoms with Gasteiger partial charge in [-0.1, -0.05) is 211 Å². The van der Waals surface area contributed by atoms with E-state index in [2.05, 4.69) is 286 Å². The molecular weight excluding hydrogens is 889 g/mol. The Morgan fingerprint density at radius 1 is 0.425 bits per heavy atom. The zero-order chi connectivity index (χ0) is 49.8. The maximum atomic E-state index is 7.02. The van der Waals surface area contributed by atoms with E-state index in [0.29, 0.717) is 0 Å². The second kappa shape index (κ2) is 18.1. The summed E-state index contributed by atoms with van der Waals surface area (Å²) in [6.45, 7) is 13.5. The Kier molecular flexibility index (Phi) is 11.2. The van der Waals surface area contributed by atoms with Crippen molar-refractivity contribution in [1.82, 2.24) is 14.1 Å². The second-order valence-electron chi connectivity index (χ2n) is 21.1. The largest absolute Gasteiger partial charge is 0.458 e. The maximum Gasteiger partial charge on any atom is 0.269 e. The molecule has 0 amide bonds. The van der Waals surface area contributed by atoms with Crippen molar-refractivity contribution in [3.05, 3.63) is 248 Å². The van der Waals surface area contributed by atoms with Crippen molar-refractivity contribution in [3.8, 4) is 73.2 Å². The van der Waals surface area contributed by atoms with Gasteiger partial charge in [-0.05, 0) is 115 Å². The lowest BCUT2D eigenvalue weighted by Gasteiger charge is -2.22. The van der Waals surface area contributed by atoms with Gasteiger partial charge in [-0.2, -0.15) is 0 Å². The van der Waals surface area contributed by atoms with E-state index in [1.165, 1.54) is 33.2 Å². The van der Waals surface area contributed by atoms with Crippen LogP contribution in [0.25, 0.3) is 94.5 Å². The number of nitrogens with zero attached hydrogens (tertiary/aromatic N) is 4. The average molecular weight is 945 g/mol. The van der Waals surface area contributed by atoms with E-state index in [0.717, 1.165) is 84.0 Å². The molecule has 0 bridgehead atoms. The summed E-state index contributed by atoms with van der Waals surface area (Å²) < 4.78 is 13.7. The molecule has 0 saturated carbocycles. The highest BCUT2D eigenvalue weighted by molar-refractivity contribution is 6.09. The second-order valence-corrected chi connectivity index (χ2v) is 21.1. The van der Waals surface area contributed by atoms with Gasteiger partial charge in [0, 0.05) is 23.0 Å². The monoisotopic (exact) mass is 944 g/mol. The van der Waals surface area contributed by atoms with E-state index in [4.69, 9.17) is 9.72 Å². The lowest BCUT2D eigenvalue weighted by Crippen LogP contribution is -2.31. The first-order valence-corrected chi connectivity index (χ1v) is 25.2. The number of benzene rings is 9. The van der Waals surface area contributed by atoms with Gasteiger partial charge in [0.05, 0.1) is 33.4 Å². The third-order valence-corrected chi connectivity index (χ3v) is 14.2. The van der Waals surface area contributed by atoms with Crippen molar-refractivity contribution >= 4 is 32.8 Å². The standard InChI is InChI=1S/C68H56N4O/c1-67(2,3)52-38-39-69-65(42-52)72-61-25-14-13-22-59(61)60-37-36-55(44-64(60)72)73-56-41-53(68(4,5)6)40-54(43-56)70-45-71(63-27-16-15-26-62(63)70)66-57(50-32-28-48(29-33-50)46-18-9-7-10-19-46)23-17-24-58(66)51-34-30-49(31-35-51)47-20-11-8-12-21-47/h7-44H,1-6H3. The number of fused-ring (bicyclic) bond motifs is 4. The highest BCUT2D eigenvalue weighted by Crippen LogP contribution is 2.40. The SMILES string of the molecule is CC(C)(C)c1cc(Oc2ccc3c4ccccc4n(-c4cc(C(C)(C)C)ccn4)c3c2)cc(-n2[c-][n+](-c3c(-c4ccc(-c5ccccc5)cc4)cccc3-c3ccc(-c4ccccc4)cc3)c3ccccc32)c1. The fourth-order valence-corrected chi connectivity index (χ4v) is 10.2. The Bertz CT molecular complexity index is 3880. The lowest BCUT2D eigenvalue weighted by atomic mass is 9.86. The van der Waals surface area contributed by atoms with E-state index in [1.807, 2.05) is 6.20 Å². The molecule has 12 aromatic rings. The fourth-order valence-electron chi connectivity index (χ4n) is 10.2. The van der Waals surface area contributed by atoms with Crippen LogP contribution in [0.4, 0.5) is 0 Å². The van der Waals surface area contributed by atoms with Gasteiger partial charge in [-0.25, -0.2) is 4.98 Å².